The van der Waals surface area contributed by atoms with Gasteiger partial charge in [0.05, 0.1) is 22.2 Å². The topological polar surface area (TPSA) is 73.5 Å². The van der Waals surface area contributed by atoms with Crippen LogP contribution >= 0.6 is 23.1 Å². The van der Waals surface area contributed by atoms with Crippen LogP contribution in [0.3, 0.4) is 0 Å². The molecule has 3 heterocycles. The third-order valence-electron chi connectivity index (χ3n) is 6.04. The summed E-state index contributed by atoms with van der Waals surface area (Å²) in [5.74, 6) is -3.00. The molecule has 0 unspecified atom stereocenters. The second-order valence-corrected chi connectivity index (χ2v) is 10.4. The van der Waals surface area contributed by atoms with Crippen molar-refractivity contribution < 1.29 is 22.8 Å². The van der Waals surface area contributed by atoms with Gasteiger partial charge in [-0.15, -0.1) is 0 Å². The number of H-pyrrole nitrogens is 1. The minimum atomic E-state index is -4.73. The van der Waals surface area contributed by atoms with Crippen LogP contribution in [0.25, 0.3) is 0 Å². The van der Waals surface area contributed by atoms with Crippen LogP contribution in [0, 0.1) is 5.92 Å². The smallest absolute Gasteiger partial charge is 0.378 e. The maximum Gasteiger partial charge on any atom is 0.418 e. The van der Waals surface area contributed by atoms with E-state index in [0.29, 0.717) is 20.4 Å². The number of halogens is 3. The molecule has 1 saturated heterocycles. The van der Waals surface area contributed by atoms with Gasteiger partial charge < -0.3 is 9.88 Å². The molecule has 34 heavy (non-hydrogen) atoms. The first-order valence-electron chi connectivity index (χ1n) is 10.3. The molecule has 0 bridgehead atoms. The fourth-order valence-corrected chi connectivity index (χ4v) is 7.02. The van der Waals surface area contributed by atoms with Crippen molar-refractivity contribution in [2.45, 2.75) is 22.4 Å². The summed E-state index contributed by atoms with van der Waals surface area (Å²) >= 11 is 1.99. The van der Waals surface area contributed by atoms with Gasteiger partial charge in [-0.25, -0.2) is 4.90 Å². The van der Waals surface area contributed by atoms with E-state index in [1.165, 1.54) is 12.1 Å². The Morgan fingerprint density at radius 3 is 2.29 bits per heavy atom. The van der Waals surface area contributed by atoms with Gasteiger partial charge in [0, 0.05) is 30.6 Å². The Morgan fingerprint density at radius 2 is 1.65 bits per heavy atom. The molecule has 2 aromatic carbocycles. The summed E-state index contributed by atoms with van der Waals surface area (Å²) in [6.07, 6.45) is -4.73. The van der Waals surface area contributed by atoms with Gasteiger partial charge >= 0.3 is 11.0 Å². The minimum absolute atomic E-state index is 0.313. The monoisotopic (exact) mass is 505 g/mol. The van der Waals surface area contributed by atoms with E-state index in [4.69, 9.17) is 0 Å². The van der Waals surface area contributed by atoms with E-state index >= 15 is 0 Å². The van der Waals surface area contributed by atoms with Crippen LogP contribution in [-0.2, 0) is 15.8 Å². The lowest BCUT2D eigenvalue weighted by Gasteiger charge is -2.30. The van der Waals surface area contributed by atoms with E-state index in [1.807, 2.05) is 43.3 Å². The van der Waals surface area contributed by atoms with Crippen LogP contribution in [0.4, 0.5) is 24.5 Å². The quantitative estimate of drug-likeness (QED) is 0.537. The fourth-order valence-electron chi connectivity index (χ4n) is 4.50. The Morgan fingerprint density at radius 1 is 0.971 bits per heavy atom. The van der Waals surface area contributed by atoms with Gasteiger partial charge in [-0.05, 0) is 29.8 Å². The number of carbonyl (C=O) groups excluding carboxylic acids is 2. The van der Waals surface area contributed by atoms with Gasteiger partial charge in [0.15, 0.2) is 0 Å². The van der Waals surface area contributed by atoms with Crippen LogP contribution in [0.1, 0.15) is 21.9 Å². The molecule has 3 aromatic rings. The maximum atomic E-state index is 13.7. The van der Waals surface area contributed by atoms with E-state index in [-0.39, 0.29) is 4.87 Å². The molecule has 5 rings (SSSR count). The number of aromatic nitrogens is 1. The molecule has 0 radical (unpaired) electrons. The van der Waals surface area contributed by atoms with E-state index < -0.39 is 46.3 Å². The van der Waals surface area contributed by atoms with Crippen molar-refractivity contribution >= 4 is 46.3 Å². The molecule has 1 aromatic heterocycles. The van der Waals surface area contributed by atoms with Gasteiger partial charge in [-0.1, -0.05) is 47.4 Å². The van der Waals surface area contributed by atoms with Crippen molar-refractivity contribution in [3.8, 4) is 0 Å². The van der Waals surface area contributed by atoms with Gasteiger partial charge in [-0.2, -0.15) is 13.2 Å². The standard InChI is InChI=1S/C23H18F3N3O3S2/c1-28(2)12-9-7-11(8-10-12)15-16-18(33-19-17(15)34-22(32)27-19)21(31)29(20(16)30)14-6-4-3-5-13(14)23(24,25)26/h3-10,15-16,18H,1-2H3,(H,27,32)/t15-,16-,18+/m0/s1. The molecule has 3 atom stereocenters. The Kier molecular flexibility index (Phi) is 5.36. The molecule has 2 aliphatic rings. The average Bonchev–Trinajstić information content (AvgIpc) is 3.27. The highest BCUT2D eigenvalue weighted by Gasteiger charge is 2.57. The van der Waals surface area contributed by atoms with E-state index in [1.54, 1.807) is 0 Å². The van der Waals surface area contributed by atoms with Crippen LogP contribution in [0.5, 0.6) is 0 Å². The van der Waals surface area contributed by atoms with Crippen molar-refractivity contribution in [1.29, 1.82) is 0 Å². The van der Waals surface area contributed by atoms with Crippen LogP contribution in [0.15, 0.2) is 58.4 Å². The Labute approximate surface area is 200 Å². The second kappa shape index (κ2) is 8.02. The van der Waals surface area contributed by atoms with Gasteiger partial charge in [0.25, 0.3) is 0 Å². The number of rotatable bonds is 3. The number of nitrogens with zero attached hydrogens (tertiary/aromatic N) is 2. The SMILES string of the molecule is CN(C)c1ccc([C@@H]2c3sc(=O)[nH]c3S[C@H]3C(=O)N(c4ccccc4C(F)(F)F)C(=O)[C@@H]23)cc1. The molecule has 2 aliphatic heterocycles. The summed E-state index contributed by atoms with van der Waals surface area (Å²) < 4.78 is 41.1. The number of benzene rings is 2. The number of aromatic amines is 1. The number of amides is 2. The number of thioether (sulfide) groups is 1. The number of hydrogen-bond donors (Lipinski definition) is 1. The molecule has 1 N–H and O–H groups in total. The van der Waals surface area contributed by atoms with Gasteiger partial charge in [0.2, 0.25) is 11.8 Å². The Bertz CT molecular complexity index is 1350. The molecule has 11 heteroatoms. The molecule has 0 saturated carbocycles. The third-order valence-corrected chi connectivity index (χ3v) is 8.44. The zero-order chi connectivity index (χ0) is 24.4. The Balaban J connectivity index is 1.64. The van der Waals surface area contributed by atoms with Crippen LogP contribution < -0.4 is 14.7 Å². The maximum absolute atomic E-state index is 13.7. The highest BCUT2D eigenvalue weighted by atomic mass is 32.2. The number of nitrogens with one attached hydrogen (secondary N) is 1. The number of thiazole rings is 1. The molecule has 176 valence electrons. The van der Waals surface area contributed by atoms with Crippen molar-refractivity contribution in [3.63, 3.8) is 0 Å². The number of anilines is 2. The summed E-state index contributed by atoms with van der Waals surface area (Å²) in [5, 5.41) is -0.477. The molecule has 0 aliphatic carbocycles. The van der Waals surface area contributed by atoms with Gasteiger partial charge in [0.1, 0.15) is 5.25 Å². The molecule has 6 nitrogen and oxygen atoms in total. The zero-order valence-electron chi connectivity index (χ0n) is 17.9. The fraction of sp³-hybridized carbons (Fsp3) is 0.261. The lowest BCUT2D eigenvalue weighted by Crippen LogP contribution is -2.33. The summed E-state index contributed by atoms with van der Waals surface area (Å²) in [5.41, 5.74) is 0.112. The first kappa shape index (κ1) is 22.7. The number of fused-ring (bicyclic) bond motifs is 2. The normalized spacial score (nSPS) is 22.0. The second-order valence-electron chi connectivity index (χ2n) is 8.26. The number of carbonyl (C=O) groups is 2. The Hall–Kier alpha value is -3.05. The highest BCUT2D eigenvalue weighted by molar-refractivity contribution is 8.00. The first-order chi connectivity index (χ1) is 16.1. The van der Waals surface area contributed by atoms with Crippen LogP contribution in [-0.4, -0.2) is 36.1 Å². The summed E-state index contributed by atoms with van der Waals surface area (Å²) in [6.45, 7) is 0. The van der Waals surface area contributed by atoms with E-state index in [0.717, 1.165) is 40.9 Å². The van der Waals surface area contributed by atoms with Gasteiger partial charge in [-0.3, -0.25) is 14.4 Å². The lowest BCUT2D eigenvalue weighted by molar-refractivity contribution is -0.137. The number of imide groups is 1. The van der Waals surface area contributed by atoms with Crippen LogP contribution in [0.2, 0.25) is 0 Å². The molecule has 1 fully saturated rings. The largest absolute Gasteiger partial charge is 0.418 e. The minimum Gasteiger partial charge on any atom is -0.378 e. The van der Waals surface area contributed by atoms with Crippen molar-refractivity contribution in [2.75, 3.05) is 23.9 Å². The number of alkyl halides is 3. The number of hydrogen-bond acceptors (Lipinski definition) is 6. The molecule has 0 spiro atoms. The zero-order valence-corrected chi connectivity index (χ0v) is 19.6. The predicted molar refractivity (Wildman–Crippen MR) is 125 cm³/mol. The predicted octanol–water partition coefficient (Wildman–Crippen LogP) is 4.32. The third kappa shape index (κ3) is 3.54. The van der Waals surface area contributed by atoms with Crippen molar-refractivity contribution in [1.82, 2.24) is 4.98 Å². The van der Waals surface area contributed by atoms with Crippen molar-refractivity contribution in [2.24, 2.45) is 5.92 Å². The highest BCUT2D eigenvalue weighted by Crippen LogP contribution is 2.54. The number of para-hydroxylation sites is 1. The summed E-state index contributed by atoms with van der Waals surface area (Å²) in [6, 6.07) is 12.0. The molecular weight excluding hydrogens is 487 g/mol. The summed E-state index contributed by atoms with van der Waals surface area (Å²) in [7, 11) is 3.76. The lowest BCUT2D eigenvalue weighted by atomic mass is 9.83. The first-order valence-corrected chi connectivity index (χ1v) is 12.0. The van der Waals surface area contributed by atoms with E-state index in [2.05, 4.69) is 4.98 Å². The molecular formula is C23H18F3N3O3S2. The van der Waals surface area contributed by atoms with E-state index in [9.17, 15) is 27.6 Å². The molecule has 2 amide bonds. The van der Waals surface area contributed by atoms with Crippen molar-refractivity contribution in [3.05, 3.63) is 74.2 Å². The average molecular weight is 506 g/mol. The summed E-state index contributed by atoms with van der Waals surface area (Å²) in [4.78, 5) is 44.8.